The third-order valence-corrected chi connectivity index (χ3v) is 7.20. The van der Waals surface area contributed by atoms with Gasteiger partial charge in [0.1, 0.15) is 11.0 Å². The summed E-state index contributed by atoms with van der Waals surface area (Å²) >= 11 is 7.86. The van der Waals surface area contributed by atoms with Crippen molar-refractivity contribution in [3.05, 3.63) is 46.6 Å². The van der Waals surface area contributed by atoms with E-state index in [1.807, 2.05) is 37.3 Å². The van der Waals surface area contributed by atoms with E-state index in [0.29, 0.717) is 27.8 Å². The van der Waals surface area contributed by atoms with Crippen LogP contribution in [0.1, 0.15) is 68.8 Å². The molecular formula is C24H33ClN4OS. The molecule has 0 bridgehead atoms. The molecule has 1 aliphatic rings. The number of halogens is 1. The first kappa shape index (κ1) is 23.9. The van der Waals surface area contributed by atoms with E-state index in [-0.39, 0.29) is 11.9 Å². The van der Waals surface area contributed by atoms with Gasteiger partial charge in [-0.2, -0.15) is 0 Å². The lowest BCUT2D eigenvalue weighted by molar-refractivity contribution is 0.0930. The monoisotopic (exact) mass is 460 g/mol. The highest BCUT2D eigenvalue weighted by atomic mass is 35.5. The van der Waals surface area contributed by atoms with Crippen LogP contribution in [0.25, 0.3) is 0 Å². The molecule has 0 radical (unpaired) electrons. The van der Waals surface area contributed by atoms with Gasteiger partial charge in [-0.25, -0.2) is 9.97 Å². The third kappa shape index (κ3) is 6.84. The van der Waals surface area contributed by atoms with Crippen LogP contribution in [0.4, 0.5) is 5.82 Å². The number of nitrogens with one attached hydrogen (secondary N) is 1. The number of benzene rings is 1. The van der Waals surface area contributed by atoms with Crippen molar-refractivity contribution < 1.29 is 4.79 Å². The number of carbonyl (C=O) groups is 1. The fourth-order valence-electron chi connectivity index (χ4n) is 3.64. The highest BCUT2D eigenvalue weighted by Crippen LogP contribution is 2.28. The maximum absolute atomic E-state index is 12.4. The average Bonchev–Trinajstić information content (AvgIpc) is 2.77. The molecule has 1 atom stereocenters. The predicted octanol–water partition coefficient (Wildman–Crippen LogP) is 5.97. The van der Waals surface area contributed by atoms with Gasteiger partial charge < -0.3 is 10.2 Å². The Labute approximate surface area is 195 Å². The Morgan fingerprint density at radius 2 is 1.84 bits per heavy atom. The van der Waals surface area contributed by atoms with Crippen molar-refractivity contribution in [3.63, 3.8) is 0 Å². The minimum absolute atomic E-state index is 0.0334. The number of aromatic nitrogens is 2. The molecule has 1 amide bonds. The molecular weight excluding hydrogens is 428 g/mol. The van der Waals surface area contributed by atoms with Crippen LogP contribution < -0.4 is 10.2 Å². The molecule has 168 valence electrons. The molecule has 1 fully saturated rings. The molecule has 0 saturated heterocycles. The van der Waals surface area contributed by atoms with Crippen molar-refractivity contribution in [1.82, 2.24) is 15.3 Å². The van der Waals surface area contributed by atoms with Crippen LogP contribution in [0.5, 0.6) is 0 Å². The van der Waals surface area contributed by atoms with Crippen molar-refractivity contribution >= 4 is 35.1 Å². The third-order valence-electron chi connectivity index (χ3n) is 6.09. The highest BCUT2D eigenvalue weighted by molar-refractivity contribution is 7.98. The maximum atomic E-state index is 12.4. The van der Waals surface area contributed by atoms with E-state index >= 15 is 0 Å². The summed E-state index contributed by atoms with van der Waals surface area (Å²) < 4.78 is 0. The smallest absolute Gasteiger partial charge is 0.251 e. The Morgan fingerprint density at radius 1 is 1.16 bits per heavy atom. The predicted molar refractivity (Wildman–Crippen MR) is 130 cm³/mol. The number of anilines is 1. The van der Waals surface area contributed by atoms with Crippen LogP contribution in [0, 0.1) is 5.92 Å². The van der Waals surface area contributed by atoms with Crippen molar-refractivity contribution in [1.29, 1.82) is 0 Å². The fraction of sp³-hybridized carbons (Fsp3) is 0.542. The standard InChI is InChI=1S/C24H33ClN4OS/c1-16(2)17(3)26-23(30)19-12-10-18(11-13-19)15-31-24-27-21(25)14-22(28-24)29(4)20-8-6-5-7-9-20/h10-14,16-17,20H,5-9,15H2,1-4H3,(H,26,30). The molecule has 1 N–H and O–H groups in total. The second kappa shape index (κ2) is 11.2. The zero-order valence-corrected chi connectivity index (χ0v) is 20.5. The molecule has 1 aromatic carbocycles. The minimum atomic E-state index is -0.0334. The summed E-state index contributed by atoms with van der Waals surface area (Å²) in [6.07, 6.45) is 6.29. The van der Waals surface area contributed by atoms with Gasteiger partial charge in [-0.1, -0.05) is 68.6 Å². The molecule has 3 rings (SSSR count). The molecule has 1 aromatic heterocycles. The van der Waals surface area contributed by atoms with E-state index in [1.165, 1.54) is 32.1 Å². The van der Waals surface area contributed by atoms with Crippen molar-refractivity contribution in [2.75, 3.05) is 11.9 Å². The lowest BCUT2D eigenvalue weighted by atomic mass is 9.94. The second-order valence-electron chi connectivity index (χ2n) is 8.73. The van der Waals surface area contributed by atoms with Crippen LogP contribution in [0.15, 0.2) is 35.5 Å². The molecule has 7 heteroatoms. The summed E-state index contributed by atoms with van der Waals surface area (Å²) in [5.74, 6) is 1.98. The van der Waals surface area contributed by atoms with Gasteiger partial charge in [0.15, 0.2) is 5.16 Å². The summed E-state index contributed by atoms with van der Waals surface area (Å²) in [5, 5.41) is 4.19. The molecule has 1 saturated carbocycles. The van der Waals surface area contributed by atoms with E-state index in [4.69, 9.17) is 16.6 Å². The maximum Gasteiger partial charge on any atom is 0.251 e. The number of rotatable bonds is 8. The van der Waals surface area contributed by atoms with Gasteiger partial charge in [0.25, 0.3) is 5.91 Å². The Morgan fingerprint density at radius 3 is 2.48 bits per heavy atom. The molecule has 2 aromatic rings. The molecule has 0 spiro atoms. The quantitative estimate of drug-likeness (QED) is 0.299. The van der Waals surface area contributed by atoms with Gasteiger partial charge in [-0.15, -0.1) is 0 Å². The van der Waals surface area contributed by atoms with Crippen molar-refractivity contribution in [2.24, 2.45) is 5.92 Å². The first-order chi connectivity index (χ1) is 14.8. The second-order valence-corrected chi connectivity index (χ2v) is 10.1. The van der Waals surface area contributed by atoms with Gasteiger partial charge in [0.05, 0.1) is 0 Å². The number of carbonyl (C=O) groups excluding carboxylic acids is 1. The topological polar surface area (TPSA) is 58.1 Å². The van der Waals surface area contributed by atoms with Gasteiger partial charge in [-0.3, -0.25) is 4.79 Å². The summed E-state index contributed by atoms with van der Waals surface area (Å²) in [5.41, 5.74) is 1.79. The number of thioether (sulfide) groups is 1. The lowest BCUT2D eigenvalue weighted by Gasteiger charge is -2.32. The molecule has 31 heavy (non-hydrogen) atoms. The largest absolute Gasteiger partial charge is 0.357 e. The summed E-state index contributed by atoms with van der Waals surface area (Å²) in [4.78, 5) is 23.8. The zero-order chi connectivity index (χ0) is 22.4. The number of amides is 1. The summed E-state index contributed by atoms with van der Waals surface area (Å²) in [6, 6.07) is 10.2. The molecule has 1 heterocycles. The Bertz CT molecular complexity index is 868. The summed E-state index contributed by atoms with van der Waals surface area (Å²) in [6.45, 7) is 6.22. The van der Waals surface area contributed by atoms with E-state index in [2.05, 4.69) is 36.1 Å². The van der Waals surface area contributed by atoms with E-state index in [0.717, 1.165) is 17.1 Å². The number of hydrogen-bond acceptors (Lipinski definition) is 5. The Hall–Kier alpha value is -1.79. The van der Waals surface area contributed by atoms with E-state index < -0.39 is 0 Å². The first-order valence-electron chi connectivity index (χ1n) is 11.1. The van der Waals surface area contributed by atoms with Crippen LogP contribution in [-0.4, -0.2) is 35.0 Å². The SMILES string of the molecule is CC(C)C(C)NC(=O)c1ccc(CSc2nc(Cl)cc(N(C)C3CCCCC3)n2)cc1. The van der Waals surface area contributed by atoms with Crippen LogP contribution in [0.3, 0.4) is 0 Å². The van der Waals surface area contributed by atoms with Crippen LogP contribution in [0.2, 0.25) is 5.15 Å². The lowest BCUT2D eigenvalue weighted by Crippen LogP contribution is -2.36. The number of nitrogens with zero attached hydrogens (tertiary/aromatic N) is 3. The first-order valence-corrected chi connectivity index (χ1v) is 12.5. The Kier molecular flexibility index (Phi) is 8.61. The average molecular weight is 461 g/mol. The van der Waals surface area contributed by atoms with Gasteiger partial charge in [0, 0.05) is 36.5 Å². The van der Waals surface area contributed by atoms with Gasteiger partial charge in [-0.05, 0) is 43.4 Å². The molecule has 5 nitrogen and oxygen atoms in total. The van der Waals surface area contributed by atoms with Crippen LogP contribution in [-0.2, 0) is 5.75 Å². The summed E-state index contributed by atoms with van der Waals surface area (Å²) in [7, 11) is 2.10. The van der Waals surface area contributed by atoms with Gasteiger partial charge >= 0.3 is 0 Å². The van der Waals surface area contributed by atoms with E-state index in [1.54, 1.807) is 11.8 Å². The normalized spacial score (nSPS) is 15.7. The van der Waals surface area contributed by atoms with Crippen molar-refractivity contribution in [2.45, 2.75) is 75.9 Å². The fourth-order valence-corrected chi connectivity index (χ4v) is 4.68. The molecule has 1 unspecified atom stereocenters. The van der Waals surface area contributed by atoms with Crippen LogP contribution >= 0.6 is 23.4 Å². The van der Waals surface area contributed by atoms with Gasteiger partial charge in [0.2, 0.25) is 0 Å². The zero-order valence-electron chi connectivity index (χ0n) is 18.9. The highest BCUT2D eigenvalue weighted by Gasteiger charge is 2.20. The molecule has 0 aliphatic heterocycles. The van der Waals surface area contributed by atoms with Crippen molar-refractivity contribution in [3.8, 4) is 0 Å². The Balaban J connectivity index is 1.60. The number of hydrogen-bond donors (Lipinski definition) is 1. The molecule has 1 aliphatic carbocycles. The van der Waals surface area contributed by atoms with E-state index in [9.17, 15) is 4.79 Å². The minimum Gasteiger partial charge on any atom is -0.357 e.